The van der Waals surface area contributed by atoms with Gasteiger partial charge in [0.25, 0.3) is 0 Å². The second-order valence-corrected chi connectivity index (χ2v) is 11.3. The number of anilines is 1. The van der Waals surface area contributed by atoms with Crippen LogP contribution in [0.2, 0.25) is 10.0 Å². The van der Waals surface area contributed by atoms with E-state index in [9.17, 15) is 18.4 Å². The van der Waals surface area contributed by atoms with E-state index in [2.05, 4.69) is 5.32 Å². The molecule has 31 heavy (non-hydrogen) atoms. The van der Waals surface area contributed by atoms with Gasteiger partial charge in [-0.2, -0.15) is 0 Å². The van der Waals surface area contributed by atoms with Gasteiger partial charge in [-0.3, -0.25) is 18.1 Å². The zero-order valence-corrected chi connectivity index (χ0v) is 19.1. The first-order valence-electron chi connectivity index (χ1n) is 10.6. The molecule has 0 heterocycles. The molecule has 1 aromatic rings. The molecule has 0 spiro atoms. The van der Waals surface area contributed by atoms with Crippen molar-refractivity contribution in [1.29, 1.82) is 0 Å². The van der Waals surface area contributed by atoms with Crippen molar-refractivity contribution in [2.24, 2.45) is 28.9 Å². The Bertz CT molecular complexity index is 949. The maximum atomic E-state index is 13.5. The minimum Gasteiger partial charge on any atom is -0.755 e. The molecular formula is C21H24Cl2N3O4S-. The third-order valence-corrected chi connectivity index (χ3v) is 9.36. The number of halogens is 2. The Labute approximate surface area is 193 Å². The van der Waals surface area contributed by atoms with E-state index in [1.165, 1.54) is 0 Å². The predicted molar refractivity (Wildman–Crippen MR) is 117 cm³/mol. The number of primary amides is 1. The van der Waals surface area contributed by atoms with Crippen molar-refractivity contribution in [3.8, 4) is 0 Å². The molecule has 0 aliphatic heterocycles. The SMILES string of the molecule is NC(=O)C12CC3CC(C1)C(NC(=O)C1(N(c4c(Cl)cccc4Cl)S(=O)[O-])CC1)C(C3)C2. The lowest BCUT2D eigenvalue weighted by atomic mass is 9.47. The minimum atomic E-state index is -2.73. The van der Waals surface area contributed by atoms with Crippen molar-refractivity contribution in [2.45, 2.75) is 56.5 Å². The normalized spacial score (nSPS) is 35.5. The number of nitrogens with two attached hydrogens (primary N) is 1. The molecule has 1 aromatic carbocycles. The number of rotatable bonds is 6. The highest BCUT2D eigenvalue weighted by Crippen LogP contribution is 2.60. The quantitative estimate of drug-likeness (QED) is 0.603. The first kappa shape index (κ1) is 21.5. The Kier molecular flexibility index (Phi) is 5.08. The van der Waals surface area contributed by atoms with Crippen molar-refractivity contribution in [3.05, 3.63) is 28.2 Å². The zero-order valence-electron chi connectivity index (χ0n) is 16.8. The van der Waals surface area contributed by atoms with Gasteiger partial charge in [0.05, 0.1) is 15.7 Å². The maximum Gasteiger partial charge on any atom is 0.247 e. The molecular weight excluding hydrogens is 461 g/mol. The number of nitrogens with one attached hydrogen (secondary N) is 1. The third-order valence-electron chi connectivity index (χ3n) is 7.92. The standard InChI is InChI=1S/C21H25Cl2N3O4S/c22-14-2-1-3-15(23)17(14)26(31(29)30)21(4-5-21)19(28)25-16-12-6-11-7-13(16)10-20(8-11,9-12)18(24)27/h1-3,11-13,16H,4-10H2,(H2,24,27)(H,25,28)(H,29,30)/p-1. The summed E-state index contributed by atoms with van der Waals surface area (Å²) in [6, 6.07) is 4.66. The van der Waals surface area contributed by atoms with Crippen molar-refractivity contribution in [2.75, 3.05) is 4.31 Å². The van der Waals surface area contributed by atoms with E-state index in [0.29, 0.717) is 31.6 Å². The molecule has 6 rings (SSSR count). The van der Waals surface area contributed by atoms with Crippen molar-refractivity contribution in [3.63, 3.8) is 0 Å². The second kappa shape index (κ2) is 7.33. The lowest BCUT2D eigenvalue weighted by molar-refractivity contribution is -0.147. The minimum absolute atomic E-state index is 0.0716. The Morgan fingerprint density at radius 3 is 2.19 bits per heavy atom. The molecule has 7 nitrogen and oxygen atoms in total. The summed E-state index contributed by atoms with van der Waals surface area (Å²) >= 11 is 9.80. The van der Waals surface area contributed by atoms with Crippen LogP contribution < -0.4 is 15.4 Å². The highest BCUT2D eigenvalue weighted by atomic mass is 35.5. The lowest BCUT2D eigenvalue weighted by Crippen LogP contribution is -2.64. The van der Waals surface area contributed by atoms with Crippen LogP contribution in [0.15, 0.2) is 18.2 Å². The highest BCUT2D eigenvalue weighted by Gasteiger charge is 2.61. The number of carbonyl (C=O) groups is 2. The largest absolute Gasteiger partial charge is 0.755 e. The monoisotopic (exact) mass is 484 g/mol. The molecule has 0 aromatic heterocycles. The van der Waals surface area contributed by atoms with Gasteiger partial charge in [-0.25, -0.2) is 0 Å². The Morgan fingerprint density at radius 2 is 1.71 bits per heavy atom. The lowest BCUT2D eigenvalue weighted by Gasteiger charge is -2.59. The van der Waals surface area contributed by atoms with E-state index in [1.54, 1.807) is 18.2 Å². The average Bonchev–Trinajstić information content (AvgIpc) is 3.48. The zero-order chi connectivity index (χ0) is 22.1. The summed E-state index contributed by atoms with van der Waals surface area (Å²) in [7, 11) is 0. The third kappa shape index (κ3) is 3.29. The van der Waals surface area contributed by atoms with Crippen LogP contribution in [0.1, 0.15) is 44.9 Å². The molecule has 5 aliphatic rings. The van der Waals surface area contributed by atoms with E-state index in [0.717, 1.165) is 23.6 Å². The summed E-state index contributed by atoms with van der Waals surface area (Å²) in [5.41, 5.74) is 4.22. The van der Waals surface area contributed by atoms with Gasteiger partial charge in [-0.1, -0.05) is 29.3 Å². The van der Waals surface area contributed by atoms with Crippen LogP contribution in [0, 0.1) is 23.2 Å². The number of para-hydroxylation sites is 1. The molecule has 10 heteroatoms. The van der Waals surface area contributed by atoms with Gasteiger partial charge < -0.3 is 15.6 Å². The molecule has 5 fully saturated rings. The van der Waals surface area contributed by atoms with Gasteiger partial charge >= 0.3 is 0 Å². The average molecular weight is 485 g/mol. The van der Waals surface area contributed by atoms with E-state index in [4.69, 9.17) is 28.9 Å². The van der Waals surface area contributed by atoms with Gasteiger partial charge in [-0.05, 0) is 74.8 Å². The fourth-order valence-electron chi connectivity index (χ4n) is 6.60. The second-order valence-electron chi connectivity index (χ2n) is 9.73. The molecule has 4 bridgehead atoms. The summed E-state index contributed by atoms with van der Waals surface area (Å²) in [4.78, 5) is 25.6. The number of hydrogen-bond acceptors (Lipinski definition) is 4. The van der Waals surface area contributed by atoms with Gasteiger partial charge in [-0.15, -0.1) is 0 Å². The Hall–Kier alpha value is -1.35. The van der Waals surface area contributed by atoms with E-state index in [1.807, 2.05) is 0 Å². The van der Waals surface area contributed by atoms with E-state index in [-0.39, 0.29) is 45.4 Å². The molecule has 3 atom stereocenters. The Morgan fingerprint density at radius 1 is 1.13 bits per heavy atom. The van der Waals surface area contributed by atoms with Crippen LogP contribution in [0.3, 0.4) is 0 Å². The molecule has 5 aliphatic carbocycles. The number of amides is 2. The first-order valence-corrected chi connectivity index (χ1v) is 12.4. The smallest absolute Gasteiger partial charge is 0.247 e. The summed E-state index contributed by atoms with van der Waals surface area (Å²) in [6.45, 7) is 0. The number of hydrogen-bond donors (Lipinski definition) is 2. The van der Waals surface area contributed by atoms with Gasteiger partial charge in [0, 0.05) is 22.7 Å². The van der Waals surface area contributed by atoms with Crippen LogP contribution in [0.4, 0.5) is 5.69 Å². The molecule has 0 radical (unpaired) electrons. The highest BCUT2D eigenvalue weighted by molar-refractivity contribution is 7.80. The number of benzene rings is 1. The van der Waals surface area contributed by atoms with Gasteiger partial charge in [0.1, 0.15) is 5.54 Å². The molecule has 0 saturated heterocycles. The summed E-state index contributed by atoms with van der Waals surface area (Å²) in [5, 5.41) is 3.52. The van der Waals surface area contributed by atoms with E-state index < -0.39 is 22.2 Å². The molecule has 3 N–H and O–H groups in total. The van der Waals surface area contributed by atoms with Crippen LogP contribution in [0.25, 0.3) is 0 Å². The molecule has 168 valence electrons. The fraction of sp³-hybridized carbons (Fsp3) is 0.619. The summed E-state index contributed by atoms with van der Waals surface area (Å²) in [6.07, 6.45) is 4.97. The number of nitrogens with zero attached hydrogens (tertiary/aromatic N) is 1. The molecule has 2 amide bonds. The van der Waals surface area contributed by atoms with Gasteiger partial charge in [0.2, 0.25) is 11.8 Å². The summed E-state index contributed by atoms with van der Waals surface area (Å²) in [5.74, 6) is 0.303. The Balaban J connectivity index is 1.41. The first-order chi connectivity index (χ1) is 14.7. The van der Waals surface area contributed by atoms with Gasteiger partial charge in [0.15, 0.2) is 0 Å². The van der Waals surface area contributed by atoms with Crippen LogP contribution >= 0.6 is 23.2 Å². The summed E-state index contributed by atoms with van der Waals surface area (Å²) < 4.78 is 25.5. The van der Waals surface area contributed by atoms with Crippen molar-refractivity contribution in [1.82, 2.24) is 5.32 Å². The predicted octanol–water partition coefficient (Wildman–Crippen LogP) is 2.92. The van der Waals surface area contributed by atoms with Crippen molar-refractivity contribution >= 4 is 52.0 Å². The fourth-order valence-corrected chi connectivity index (χ4v) is 8.17. The van der Waals surface area contributed by atoms with Crippen molar-refractivity contribution < 1.29 is 18.4 Å². The number of carbonyl (C=O) groups excluding carboxylic acids is 2. The molecule has 3 unspecified atom stereocenters. The van der Waals surface area contributed by atoms with Crippen LogP contribution in [-0.2, 0) is 20.9 Å². The van der Waals surface area contributed by atoms with Crippen LogP contribution in [-0.4, -0.2) is 32.2 Å². The maximum absolute atomic E-state index is 13.5. The van der Waals surface area contributed by atoms with E-state index >= 15 is 0 Å². The molecule has 5 saturated carbocycles. The van der Waals surface area contributed by atoms with Crippen LogP contribution in [0.5, 0.6) is 0 Å². The topological polar surface area (TPSA) is 116 Å².